The third-order valence-corrected chi connectivity index (χ3v) is 4.82. The second-order valence-corrected chi connectivity index (χ2v) is 7.25. The monoisotopic (exact) mass is 271 g/mol. The molecule has 0 spiro atoms. The van der Waals surface area contributed by atoms with Gasteiger partial charge in [-0.1, -0.05) is 25.6 Å². The van der Waals surface area contributed by atoms with Crippen molar-refractivity contribution >= 4 is 16.9 Å². The molecule has 0 saturated carbocycles. The quantitative estimate of drug-likeness (QED) is 0.753. The Morgan fingerprint density at radius 1 is 1.39 bits per heavy atom. The zero-order valence-electron chi connectivity index (χ0n) is 12.6. The zero-order valence-corrected chi connectivity index (χ0v) is 13.4. The number of unbranched alkanes of at least 4 members (excludes halogenated alkanes) is 1. The molecule has 0 aromatic heterocycles. The van der Waals surface area contributed by atoms with Crippen molar-refractivity contribution in [2.75, 3.05) is 32.4 Å². The fourth-order valence-corrected chi connectivity index (χ4v) is 2.67. The van der Waals surface area contributed by atoms with Gasteiger partial charge in [0.25, 0.3) is 0 Å². The van der Waals surface area contributed by atoms with Crippen LogP contribution in [0.15, 0.2) is 4.99 Å². The Morgan fingerprint density at radius 3 is 2.67 bits per heavy atom. The summed E-state index contributed by atoms with van der Waals surface area (Å²) in [5.41, 5.74) is 0.371. The molecule has 18 heavy (non-hydrogen) atoms. The molecular formula is C14H29N3S. The van der Waals surface area contributed by atoms with E-state index in [2.05, 4.69) is 50.0 Å². The first-order valence-electron chi connectivity index (χ1n) is 7.02. The standard InChI is InChI=1S/C14H29N3S/c1-12(2)17(5)9-7-6-8-15-13-16-10-14(3,4)11-18-13/h12H,6-11H2,1-5H3,(H,15,16). The molecule has 1 aliphatic rings. The molecule has 0 atom stereocenters. The van der Waals surface area contributed by atoms with E-state index in [-0.39, 0.29) is 0 Å². The Labute approximate surface area is 117 Å². The maximum absolute atomic E-state index is 4.60. The summed E-state index contributed by atoms with van der Waals surface area (Å²) in [5.74, 6) is 1.18. The van der Waals surface area contributed by atoms with Gasteiger partial charge in [-0.2, -0.15) is 0 Å². The number of nitrogens with one attached hydrogen (secondary N) is 1. The van der Waals surface area contributed by atoms with E-state index in [1.165, 1.54) is 25.1 Å². The molecule has 1 heterocycles. The van der Waals surface area contributed by atoms with Crippen LogP contribution in [0.3, 0.4) is 0 Å². The van der Waals surface area contributed by atoms with Gasteiger partial charge >= 0.3 is 0 Å². The molecule has 0 saturated heterocycles. The highest BCUT2D eigenvalue weighted by atomic mass is 32.2. The molecule has 0 bridgehead atoms. The minimum atomic E-state index is 0.371. The Bertz CT molecular complexity index is 274. The maximum atomic E-state index is 4.60. The maximum Gasteiger partial charge on any atom is 0.156 e. The molecule has 0 aromatic rings. The summed E-state index contributed by atoms with van der Waals surface area (Å²) in [6.45, 7) is 12.2. The van der Waals surface area contributed by atoms with E-state index in [0.29, 0.717) is 11.5 Å². The Kier molecular flexibility index (Phi) is 6.50. The number of thioether (sulfide) groups is 1. The largest absolute Gasteiger partial charge is 0.365 e. The molecule has 0 aromatic carbocycles. The molecule has 106 valence electrons. The minimum absolute atomic E-state index is 0.371. The third-order valence-electron chi connectivity index (χ3n) is 3.35. The van der Waals surface area contributed by atoms with Gasteiger partial charge in [-0.15, -0.1) is 0 Å². The highest BCUT2D eigenvalue weighted by Gasteiger charge is 2.22. The van der Waals surface area contributed by atoms with Gasteiger partial charge in [0.15, 0.2) is 5.17 Å². The van der Waals surface area contributed by atoms with Crippen LogP contribution in [0.5, 0.6) is 0 Å². The first kappa shape index (κ1) is 15.8. The molecule has 1 rings (SSSR count). The van der Waals surface area contributed by atoms with Gasteiger partial charge < -0.3 is 10.2 Å². The van der Waals surface area contributed by atoms with Gasteiger partial charge in [0.1, 0.15) is 0 Å². The zero-order chi connectivity index (χ0) is 13.6. The van der Waals surface area contributed by atoms with E-state index in [0.717, 1.165) is 18.3 Å². The van der Waals surface area contributed by atoms with E-state index in [1.807, 2.05) is 11.8 Å². The second-order valence-electron chi connectivity index (χ2n) is 6.28. The first-order chi connectivity index (χ1) is 8.41. The third kappa shape index (κ3) is 6.10. The molecule has 0 aliphatic carbocycles. The molecule has 4 heteroatoms. The number of nitrogens with zero attached hydrogens (tertiary/aromatic N) is 2. The molecular weight excluding hydrogens is 242 g/mol. The van der Waals surface area contributed by atoms with Crippen LogP contribution in [0, 0.1) is 5.41 Å². The number of amidine groups is 1. The summed E-state index contributed by atoms with van der Waals surface area (Å²) in [4.78, 5) is 7.00. The van der Waals surface area contributed by atoms with Gasteiger partial charge in [-0.3, -0.25) is 4.99 Å². The summed E-state index contributed by atoms with van der Waals surface area (Å²) < 4.78 is 0. The first-order valence-corrected chi connectivity index (χ1v) is 8.01. The molecule has 1 aliphatic heterocycles. The van der Waals surface area contributed by atoms with E-state index >= 15 is 0 Å². The van der Waals surface area contributed by atoms with Crippen molar-refractivity contribution in [2.24, 2.45) is 10.4 Å². The average molecular weight is 271 g/mol. The van der Waals surface area contributed by atoms with Crippen LogP contribution in [-0.2, 0) is 0 Å². The van der Waals surface area contributed by atoms with E-state index < -0.39 is 0 Å². The molecule has 0 amide bonds. The van der Waals surface area contributed by atoms with Crippen molar-refractivity contribution in [1.82, 2.24) is 10.2 Å². The van der Waals surface area contributed by atoms with Crippen LogP contribution in [0.2, 0.25) is 0 Å². The lowest BCUT2D eigenvalue weighted by Gasteiger charge is -2.27. The lowest BCUT2D eigenvalue weighted by Crippen LogP contribution is -2.32. The average Bonchev–Trinajstić information content (AvgIpc) is 2.30. The van der Waals surface area contributed by atoms with Gasteiger partial charge in [0.2, 0.25) is 0 Å². The molecule has 0 fully saturated rings. The molecule has 3 nitrogen and oxygen atoms in total. The topological polar surface area (TPSA) is 27.6 Å². The Hall–Kier alpha value is -0.220. The Morgan fingerprint density at radius 2 is 2.11 bits per heavy atom. The predicted molar refractivity (Wildman–Crippen MR) is 83.5 cm³/mol. The molecule has 0 radical (unpaired) electrons. The van der Waals surface area contributed by atoms with E-state index in [1.54, 1.807) is 0 Å². The van der Waals surface area contributed by atoms with E-state index in [9.17, 15) is 0 Å². The van der Waals surface area contributed by atoms with Crippen molar-refractivity contribution < 1.29 is 0 Å². The minimum Gasteiger partial charge on any atom is -0.365 e. The van der Waals surface area contributed by atoms with Crippen molar-refractivity contribution in [3.8, 4) is 0 Å². The van der Waals surface area contributed by atoms with Gasteiger partial charge in [-0.25, -0.2) is 0 Å². The lowest BCUT2D eigenvalue weighted by molar-refractivity contribution is 0.268. The SMILES string of the molecule is CC(C)N(C)CCCCNC1=NCC(C)(C)CS1. The number of rotatable bonds is 6. The highest BCUT2D eigenvalue weighted by Crippen LogP contribution is 2.26. The fraction of sp³-hybridized carbons (Fsp3) is 0.929. The van der Waals surface area contributed by atoms with Crippen molar-refractivity contribution in [3.05, 3.63) is 0 Å². The van der Waals surface area contributed by atoms with Crippen LogP contribution in [0.25, 0.3) is 0 Å². The summed E-state index contributed by atoms with van der Waals surface area (Å²) in [7, 11) is 2.20. The smallest absolute Gasteiger partial charge is 0.156 e. The van der Waals surface area contributed by atoms with Crippen LogP contribution in [0.1, 0.15) is 40.5 Å². The van der Waals surface area contributed by atoms with Crippen LogP contribution in [-0.4, -0.2) is 48.5 Å². The van der Waals surface area contributed by atoms with Crippen molar-refractivity contribution in [2.45, 2.75) is 46.6 Å². The van der Waals surface area contributed by atoms with Gasteiger partial charge in [0.05, 0.1) is 0 Å². The summed E-state index contributed by atoms with van der Waals surface area (Å²) >= 11 is 1.87. The Balaban J connectivity index is 2.07. The lowest BCUT2D eigenvalue weighted by atomic mass is 9.97. The number of aliphatic imine (C=N–C) groups is 1. The summed E-state index contributed by atoms with van der Waals surface area (Å²) in [6, 6.07) is 0.651. The van der Waals surface area contributed by atoms with Gasteiger partial charge in [-0.05, 0) is 45.7 Å². The fourth-order valence-electron chi connectivity index (χ4n) is 1.69. The molecule has 0 unspecified atom stereocenters. The van der Waals surface area contributed by atoms with E-state index in [4.69, 9.17) is 0 Å². The van der Waals surface area contributed by atoms with Crippen LogP contribution in [0.4, 0.5) is 0 Å². The predicted octanol–water partition coefficient (Wildman–Crippen LogP) is 2.83. The molecule has 1 N–H and O–H groups in total. The number of hydrogen-bond donors (Lipinski definition) is 1. The van der Waals surface area contributed by atoms with Crippen LogP contribution >= 0.6 is 11.8 Å². The second kappa shape index (κ2) is 7.39. The summed E-state index contributed by atoms with van der Waals surface area (Å²) in [6.07, 6.45) is 2.48. The van der Waals surface area contributed by atoms with Crippen LogP contribution < -0.4 is 5.32 Å². The summed E-state index contributed by atoms with van der Waals surface area (Å²) in [5, 5.41) is 4.60. The normalized spacial score (nSPS) is 19.2. The van der Waals surface area contributed by atoms with Gasteiger partial charge in [0, 0.05) is 24.9 Å². The highest BCUT2D eigenvalue weighted by molar-refractivity contribution is 8.13. The number of hydrogen-bond acceptors (Lipinski definition) is 4. The van der Waals surface area contributed by atoms with Crippen molar-refractivity contribution in [3.63, 3.8) is 0 Å². The van der Waals surface area contributed by atoms with Crippen molar-refractivity contribution in [1.29, 1.82) is 0 Å².